The summed E-state index contributed by atoms with van der Waals surface area (Å²) in [5.41, 5.74) is 0. The van der Waals surface area contributed by atoms with Crippen molar-refractivity contribution in [2.24, 2.45) is 0 Å². The topological polar surface area (TPSA) is 150 Å². The fraction of sp³-hybridized carbons (Fsp3) is 1.00. The van der Waals surface area contributed by atoms with E-state index in [4.69, 9.17) is 0 Å². The van der Waals surface area contributed by atoms with Crippen molar-refractivity contribution in [3.05, 3.63) is 0 Å². The maximum atomic E-state index is 10.6. The Morgan fingerprint density at radius 3 is 1.75 bits per heavy atom. The van der Waals surface area contributed by atoms with E-state index in [1.54, 1.807) is 19.0 Å². The highest BCUT2D eigenvalue weighted by Crippen LogP contribution is 2.60. The molecule has 8 nitrogen and oxygen atoms in total. The van der Waals surface area contributed by atoms with E-state index in [-0.39, 0.29) is 13.0 Å². The lowest BCUT2D eigenvalue weighted by Gasteiger charge is -2.56. The van der Waals surface area contributed by atoms with Gasteiger partial charge < -0.3 is 38.7 Å². The average Bonchev–Trinajstić information content (AvgIpc) is 1.98. The lowest BCUT2D eigenvalue weighted by atomic mass is 10.3. The minimum absolute atomic E-state index is 0.105. The van der Waals surface area contributed by atoms with E-state index in [2.05, 4.69) is 0 Å². The highest BCUT2D eigenvalue weighted by Gasteiger charge is 2.34. The molecule has 0 radical (unpaired) electrons. The van der Waals surface area contributed by atoms with E-state index >= 15 is 0 Å². The Morgan fingerprint density at radius 2 is 1.50 bits per heavy atom. The van der Waals surface area contributed by atoms with Crippen LogP contribution in [0.15, 0.2) is 0 Å². The Morgan fingerprint density at radius 1 is 1.12 bits per heavy atom. The van der Waals surface area contributed by atoms with Gasteiger partial charge in [0.05, 0.1) is 0 Å². The van der Waals surface area contributed by atoms with Crippen LogP contribution in [-0.2, 0) is 9.13 Å². The fourth-order valence-corrected chi connectivity index (χ4v) is 3.12. The van der Waals surface area contributed by atoms with Crippen molar-refractivity contribution < 1.29 is 33.8 Å². The van der Waals surface area contributed by atoms with E-state index in [1.807, 2.05) is 0 Å². The molecule has 1 N–H and O–H groups in total. The molecule has 0 aliphatic heterocycles. The summed E-state index contributed by atoms with van der Waals surface area (Å²) in [4.78, 5) is 44.0. The molecule has 0 fully saturated rings. The second-order valence-corrected chi connectivity index (χ2v) is 7.50. The molecule has 0 aromatic carbocycles. The molecule has 0 heterocycles. The summed E-state index contributed by atoms with van der Waals surface area (Å²) in [6.07, 6.45) is -1.02. The van der Waals surface area contributed by atoms with E-state index in [0.717, 1.165) is 0 Å². The number of nitrogens with zero attached hydrogens (tertiary/aromatic N) is 1. The lowest BCUT2D eigenvalue weighted by Crippen LogP contribution is -2.46. The quantitative estimate of drug-likeness (QED) is 0.497. The first-order valence-corrected chi connectivity index (χ1v) is 7.42. The van der Waals surface area contributed by atoms with Crippen molar-refractivity contribution in [2.45, 2.75) is 17.9 Å². The molecular weight excluding hydrogens is 260 g/mol. The summed E-state index contributed by atoms with van der Waals surface area (Å²) in [6, 6.07) is 0. The molecule has 0 saturated carbocycles. The lowest BCUT2D eigenvalue weighted by molar-refractivity contribution is -0.349. The van der Waals surface area contributed by atoms with Crippen LogP contribution >= 0.6 is 15.2 Å². The van der Waals surface area contributed by atoms with Crippen LogP contribution in [0, 0.1) is 0 Å². The van der Waals surface area contributed by atoms with Gasteiger partial charge in [-0.3, -0.25) is 0 Å². The molecule has 0 atom stereocenters. The molecule has 0 aromatic heterocycles. The number of aliphatic hydroxyl groups is 1. The van der Waals surface area contributed by atoms with Crippen LogP contribution in [0.4, 0.5) is 0 Å². The predicted molar refractivity (Wildman–Crippen MR) is 48.0 cm³/mol. The van der Waals surface area contributed by atoms with Crippen molar-refractivity contribution in [1.29, 1.82) is 0 Å². The molecule has 0 unspecified atom stereocenters. The van der Waals surface area contributed by atoms with Crippen LogP contribution in [0.2, 0.25) is 0 Å². The zero-order valence-electron chi connectivity index (χ0n) is 8.86. The first-order chi connectivity index (χ1) is 6.92. The molecule has 0 aliphatic carbocycles. The molecule has 0 spiro atoms. The third-order valence-corrected chi connectivity index (χ3v) is 5.67. The second kappa shape index (κ2) is 5.25. The normalized spacial score (nSPS) is 14.5. The largest absolute Gasteiger partial charge is 0.808 e. The summed E-state index contributed by atoms with van der Waals surface area (Å²) >= 11 is 0. The number of rotatable bonds is 6. The zero-order valence-corrected chi connectivity index (χ0v) is 10.6. The smallest absolute Gasteiger partial charge is 0.117 e. The van der Waals surface area contributed by atoms with Gasteiger partial charge in [0, 0.05) is 0 Å². The summed E-state index contributed by atoms with van der Waals surface area (Å²) in [7, 11) is -8.59. The maximum Gasteiger partial charge on any atom is 0.117 e. The predicted octanol–water partition coefficient (Wildman–Crippen LogP) is -3.20. The standard InChI is InChI=1S/C6H17NO7P2/c1-7(2)5-3-4-6(8,15(9,10)11)16(12,13)14/h8H,3-5H2,1-2H3,(H2,9,10,11)(H2,12,13,14)/p-4. The van der Waals surface area contributed by atoms with Crippen LogP contribution in [0.1, 0.15) is 12.8 Å². The average molecular weight is 273 g/mol. The first-order valence-electron chi connectivity index (χ1n) is 4.33. The van der Waals surface area contributed by atoms with Crippen molar-refractivity contribution >= 4 is 15.2 Å². The van der Waals surface area contributed by atoms with Crippen molar-refractivity contribution in [3.63, 3.8) is 0 Å². The van der Waals surface area contributed by atoms with E-state index in [1.165, 1.54) is 0 Å². The molecule has 0 aliphatic rings. The van der Waals surface area contributed by atoms with Gasteiger partial charge in [-0.25, -0.2) is 0 Å². The van der Waals surface area contributed by atoms with Gasteiger partial charge in [0.15, 0.2) is 0 Å². The first kappa shape index (κ1) is 16.2. The fourth-order valence-electron chi connectivity index (χ4n) is 1.06. The Bertz CT molecular complexity index is 297. The van der Waals surface area contributed by atoms with E-state index < -0.39 is 26.7 Å². The van der Waals surface area contributed by atoms with Crippen LogP contribution in [-0.4, -0.2) is 35.7 Å². The Hall–Kier alpha value is 0.220. The third kappa shape index (κ3) is 3.91. The minimum Gasteiger partial charge on any atom is -0.808 e. The van der Waals surface area contributed by atoms with E-state index in [9.17, 15) is 33.8 Å². The number of hydrogen-bond acceptors (Lipinski definition) is 8. The van der Waals surface area contributed by atoms with Gasteiger partial charge >= 0.3 is 0 Å². The Balaban J connectivity index is 4.86. The van der Waals surface area contributed by atoms with Crippen LogP contribution in [0.25, 0.3) is 0 Å². The van der Waals surface area contributed by atoms with Gasteiger partial charge in [-0.2, -0.15) is 0 Å². The van der Waals surface area contributed by atoms with Crippen LogP contribution in [0.3, 0.4) is 0 Å². The highest BCUT2D eigenvalue weighted by molar-refractivity contribution is 7.69. The van der Waals surface area contributed by atoms with Gasteiger partial charge in [-0.15, -0.1) is 0 Å². The summed E-state index contributed by atoms with van der Waals surface area (Å²) < 4.78 is 21.2. The van der Waals surface area contributed by atoms with Crippen molar-refractivity contribution in [1.82, 2.24) is 4.90 Å². The van der Waals surface area contributed by atoms with Crippen LogP contribution in [0.5, 0.6) is 0 Å². The molecule has 0 aromatic rings. The van der Waals surface area contributed by atoms with Crippen LogP contribution < -0.4 is 19.6 Å². The molecule has 98 valence electrons. The SMILES string of the molecule is CN(C)CCCC(O)(P(=O)([O-])[O-])P(=O)([O-])[O-]. The second-order valence-electron chi connectivity index (χ2n) is 3.68. The Labute approximate surface area is 93.2 Å². The monoisotopic (exact) mass is 273 g/mol. The molecule has 16 heavy (non-hydrogen) atoms. The Kier molecular flexibility index (Phi) is 5.32. The third-order valence-electron chi connectivity index (χ3n) is 1.99. The molecule has 0 bridgehead atoms. The van der Waals surface area contributed by atoms with Gasteiger partial charge in [0.2, 0.25) is 0 Å². The van der Waals surface area contributed by atoms with Gasteiger partial charge in [0.1, 0.15) is 5.08 Å². The molecule has 0 amide bonds. The molecular formula is C6H13NO7P2-4. The number of hydrogen-bond donors (Lipinski definition) is 1. The van der Waals surface area contributed by atoms with Crippen molar-refractivity contribution in [2.75, 3.05) is 20.6 Å². The maximum absolute atomic E-state index is 10.6. The van der Waals surface area contributed by atoms with Crippen molar-refractivity contribution in [3.8, 4) is 0 Å². The summed E-state index contributed by atoms with van der Waals surface area (Å²) in [6.45, 7) is 0.238. The summed E-state index contributed by atoms with van der Waals surface area (Å²) in [5.74, 6) is 0. The molecule has 0 saturated heterocycles. The zero-order chi connectivity index (χ0) is 13.2. The molecule has 0 rings (SSSR count). The highest BCUT2D eigenvalue weighted by atomic mass is 31.2. The molecule has 10 heteroatoms. The van der Waals surface area contributed by atoms with Gasteiger partial charge in [0.25, 0.3) is 0 Å². The van der Waals surface area contributed by atoms with Gasteiger partial charge in [-0.1, -0.05) is 0 Å². The van der Waals surface area contributed by atoms with Gasteiger partial charge in [-0.05, 0) is 48.7 Å². The van der Waals surface area contributed by atoms with E-state index in [0.29, 0.717) is 0 Å². The minimum atomic E-state index is -5.92. The summed E-state index contributed by atoms with van der Waals surface area (Å²) in [5, 5.41) is 5.48.